The van der Waals surface area contributed by atoms with Gasteiger partial charge in [-0.3, -0.25) is 0 Å². The van der Waals surface area contributed by atoms with Crippen molar-refractivity contribution >= 4 is 15.9 Å². The molecule has 0 radical (unpaired) electrons. The summed E-state index contributed by atoms with van der Waals surface area (Å²) in [5.41, 5.74) is 1.97. The summed E-state index contributed by atoms with van der Waals surface area (Å²) in [7, 11) is 0. The molecule has 3 rings (SSSR count). The Bertz CT molecular complexity index is 519. The zero-order valence-electron chi connectivity index (χ0n) is 9.79. The molecule has 6 heteroatoms. The van der Waals surface area contributed by atoms with Crippen LogP contribution in [0.5, 0.6) is 0 Å². The lowest BCUT2D eigenvalue weighted by molar-refractivity contribution is -0.0394. The van der Waals surface area contributed by atoms with Gasteiger partial charge in [-0.15, -0.1) is 0 Å². The van der Waals surface area contributed by atoms with Crippen molar-refractivity contribution < 1.29 is 4.74 Å². The molecule has 1 atom stereocenters. The van der Waals surface area contributed by atoms with Crippen LogP contribution in [0.25, 0.3) is 11.1 Å². The third-order valence-electron chi connectivity index (χ3n) is 3.01. The predicted molar refractivity (Wildman–Crippen MR) is 69.8 cm³/mol. The van der Waals surface area contributed by atoms with Crippen LogP contribution in [0.1, 0.15) is 25.5 Å². The van der Waals surface area contributed by atoms with Crippen LogP contribution < -0.4 is 0 Å². The Morgan fingerprint density at radius 3 is 2.72 bits per heavy atom. The number of halogens is 1. The van der Waals surface area contributed by atoms with Gasteiger partial charge in [-0.05, 0) is 35.2 Å². The summed E-state index contributed by atoms with van der Waals surface area (Å²) in [5, 5.41) is 4.36. The monoisotopic (exact) mass is 308 g/mol. The van der Waals surface area contributed by atoms with E-state index in [1.165, 1.54) is 6.42 Å². The average Bonchev–Trinajstić information content (AvgIpc) is 2.90. The van der Waals surface area contributed by atoms with Crippen LogP contribution in [0, 0.1) is 0 Å². The van der Waals surface area contributed by atoms with Crippen molar-refractivity contribution in [2.45, 2.75) is 25.5 Å². The Morgan fingerprint density at radius 1 is 1.17 bits per heavy atom. The van der Waals surface area contributed by atoms with E-state index in [-0.39, 0.29) is 6.23 Å². The first-order valence-electron chi connectivity index (χ1n) is 5.96. The second-order valence-corrected chi connectivity index (χ2v) is 4.98. The molecule has 2 aromatic rings. The fraction of sp³-hybridized carbons (Fsp3) is 0.417. The van der Waals surface area contributed by atoms with Crippen molar-refractivity contribution in [3.8, 4) is 11.1 Å². The highest BCUT2D eigenvalue weighted by Gasteiger charge is 2.16. The maximum atomic E-state index is 5.69. The molecule has 18 heavy (non-hydrogen) atoms. The first-order chi connectivity index (χ1) is 8.83. The van der Waals surface area contributed by atoms with Crippen molar-refractivity contribution in [3.05, 3.63) is 29.5 Å². The molecule has 5 nitrogen and oxygen atoms in total. The molecule has 2 aromatic heterocycles. The van der Waals surface area contributed by atoms with E-state index in [2.05, 4.69) is 31.0 Å². The second-order valence-electron chi connectivity index (χ2n) is 4.27. The van der Waals surface area contributed by atoms with Crippen molar-refractivity contribution in [1.82, 2.24) is 19.7 Å². The Balaban J connectivity index is 1.82. The minimum atomic E-state index is 0.0730. The topological polar surface area (TPSA) is 52.8 Å². The SMILES string of the molecule is Brc1ncc(-c2cnn(C3CCCCO3)c2)cn1. The first kappa shape index (κ1) is 11.8. The summed E-state index contributed by atoms with van der Waals surface area (Å²) < 4.78 is 8.17. The van der Waals surface area contributed by atoms with E-state index < -0.39 is 0 Å². The van der Waals surface area contributed by atoms with E-state index in [1.54, 1.807) is 12.4 Å². The minimum absolute atomic E-state index is 0.0730. The maximum absolute atomic E-state index is 5.69. The van der Waals surface area contributed by atoms with Crippen LogP contribution >= 0.6 is 15.9 Å². The van der Waals surface area contributed by atoms with Crippen molar-refractivity contribution in [2.75, 3.05) is 6.61 Å². The third-order valence-corrected chi connectivity index (χ3v) is 3.42. The molecule has 1 saturated heterocycles. The molecule has 1 unspecified atom stereocenters. The van der Waals surface area contributed by atoms with E-state index >= 15 is 0 Å². The highest BCUT2D eigenvalue weighted by molar-refractivity contribution is 9.10. The molecular weight excluding hydrogens is 296 g/mol. The van der Waals surface area contributed by atoms with Gasteiger partial charge < -0.3 is 4.74 Å². The summed E-state index contributed by atoms with van der Waals surface area (Å²) in [4.78, 5) is 8.23. The van der Waals surface area contributed by atoms with Crippen LogP contribution in [0.4, 0.5) is 0 Å². The zero-order valence-corrected chi connectivity index (χ0v) is 11.4. The molecule has 1 fully saturated rings. The molecule has 0 aliphatic carbocycles. The predicted octanol–water partition coefficient (Wildman–Crippen LogP) is 2.80. The molecule has 3 heterocycles. The van der Waals surface area contributed by atoms with E-state index in [0.717, 1.165) is 30.6 Å². The van der Waals surface area contributed by atoms with Crippen LogP contribution in [0.2, 0.25) is 0 Å². The van der Waals surface area contributed by atoms with E-state index in [1.807, 2.05) is 17.1 Å². The van der Waals surface area contributed by atoms with Gasteiger partial charge in [0.2, 0.25) is 0 Å². The summed E-state index contributed by atoms with van der Waals surface area (Å²) in [6, 6.07) is 0. The summed E-state index contributed by atoms with van der Waals surface area (Å²) in [6.07, 6.45) is 10.8. The lowest BCUT2D eigenvalue weighted by Crippen LogP contribution is -2.18. The minimum Gasteiger partial charge on any atom is -0.357 e. The average molecular weight is 309 g/mol. The molecule has 0 N–H and O–H groups in total. The Morgan fingerprint density at radius 2 is 2.00 bits per heavy atom. The number of ether oxygens (including phenoxy) is 1. The Hall–Kier alpha value is -1.27. The quantitative estimate of drug-likeness (QED) is 0.801. The summed E-state index contributed by atoms with van der Waals surface area (Å²) in [6.45, 7) is 0.821. The molecule has 0 amide bonds. The van der Waals surface area contributed by atoms with Crippen LogP contribution in [-0.4, -0.2) is 26.4 Å². The molecule has 94 valence electrons. The molecular formula is C12H13BrN4O. The van der Waals surface area contributed by atoms with Gasteiger partial charge in [-0.1, -0.05) is 0 Å². The highest BCUT2D eigenvalue weighted by atomic mass is 79.9. The Kier molecular flexibility index (Phi) is 3.38. The number of aromatic nitrogens is 4. The summed E-state index contributed by atoms with van der Waals surface area (Å²) >= 11 is 3.22. The highest BCUT2D eigenvalue weighted by Crippen LogP contribution is 2.24. The molecule has 0 aromatic carbocycles. The van der Waals surface area contributed by atoms with Crippen molar-refractivity contribution in [3.63, 3.8) is 0 Å². The fourth-order valence-corrected chi connectivity index (χ4v) is 2.24. The second kappa shape index (κ2) is 5.16. The van der Waals surface area contributed by atoms with Gasteiger partial charge in [0.1, 0.15) is 6.23 Å². The van der Waals surface area contributed by atoms with Gasteiger partial charge in [0.05, 0.1) is 6.20 Å². The number of hydrogen-bond donors (Lipinski definition) is 0. The number of nitrogens with zero attached hydrogens (tertiary/aromatic N) is 4. The number of rotatable bonds is 2. The van der Waals surface area contributed by atoms with E-state index in [0.29, 0.717) is 4.73 Å². The van der Waals surface area contributed by atoms with Gasteiger partial charge in [0.15, 0.2) is 4.73 Å². The van der Waals surface area contributed by atoms with Crippen LogP contribution in [0.15, 0.2) is 29.5 Å². The van der Waals surface area contributed by atoms with Gasteiger partial charge >= 0.3 is 0 Å². The van der Waals surface area contributed by atoms with Crippen molar-refractivity contribution in [1.29, 1.82) is 0 Å². The molecule has 1 aliphatic rings. The standard InChI is InChI=1S/C12H13BrN4O/c13-12-14-5-9(6-15-12)10-7-16-17(8-10)11-3-1-2-4-18-11/h5-8,11H,1-4H2. The van der Waals surface area contributed by atoms with Gasteiger partial charge in [0.25, 0.3) is 0 Å². The van der Waals surface area contributed by atoms with E-state index in [4.69, 9.17) is 4.74 Å². The lowest BCUT2D eigenvalue weighted by Gasteiger charge is -2.22. The zero-order chi connectivity index (χ0) is 12.4. The third kappa shape index (κ3) is 2.44. The fourth-order valence-electron chi connectivity index (χ4n) is 2.04. The summed E-state index contributed by atoms with van der Waals surface area (Å²) in [5.74, 6) is 0. The van der Waals surface area contributed by atoms with Crippen LogP contribution in [0.3, 0.4) is 0 Å². The molecule has 0 spiro atoms. The first-order valence-corrected chi connectivity index (χ1v) is 6.76. The molecule has 0 bridgehead atoms. The smallest absolute Gasteiger partial charge is 0.196 e. The molecule has 1 aliphatic heterocycles. The van der Waals surface area contributed by atoms with Gasteiger partial charge in [0, 0.05) is 36.3 Å². The van der Waals surface area contributed by atoms with Gasteiger partial charge in [-0.2, -0.15) is 5.10 Å². The number of hydrogen-bond acceptors (Lipinski definition) is 4. The lowest BCUT2D eigenvalue weighted by atomic mass is 10.2. The largest absolute Gasteiger partial charge is 0.357 e. The van der Waals surface area contributed by atoms with Gasteiger partial charge in [-0.25, -0.2) is 14.6 Å². The molecule has 0 saturated carbocycles. The normalized spacial score (nSPS) is 19.9. The van der Waals surface area contributed by atoms with Crippen LogP contribution in [-0.2, 0) is 4.74 Å². The maximum Gasteiger partial charge on any atom is 0.196 e. The Labute approximate surface area is 113 Å². The van der Waals surface area contributed by atoms with E-state index in [9.17, 15) is 0 Å². The van der Waals surface area contributed by atoms with Crippen molar-refractivity contribution in [2.24, 2.45) is 0 Å².